The summed E-state index contributed by atoms with van der Waals surface area (Å²) in [5.74, 6) is 0. The highest BCUT2D eigenvalue weighted by Gasteiger charge is 2.15. The van der Waals surface area contributed by atoms with Crippen LogP contribution in [0.2, 0.25) is 0 Å². The summed E-state index contributed by atoms with van der Waals surface area (Å²) in [5, 5.41) is 1.16. The third kappa shape index (κ3) is 11.0. The molecule has 0 N–H and O–H groups in total. The summed E-state index contributed by atoms with van der Waals surface area (Å²) >= 11 is 3.52. The van der Waals surface area contributed by atoms with E-state index in [1.807, 2.05) is 0 Å². The minimum Gasteiger partial charge on any atom is -0.0928 e. The Morgan fingerprint density at radius 3 is 1.81 bits per heavy atom. The van der Waals surface area contributed by atoms with Crippen molar-refractivity contribution in [2.75, 3.05) is 5.33 Å². The van der Waals surface area contributed by atoms with E-state index in [0.29, 0.717) is 5.41 Å². The lowest BCUT2D eigenvalue weighted by Crippen LogP contribution is -2.11. The van der Waals surface area contributed by atoms with E-state index in [-0.39, 0.29) is 0 Å². The Morgan fingerprint density at radius 1 is 0.750 bits per heavy atom. The van der Waals surface area contributed by atoms with Crippen molar-refractivity contribution in [3.05, 3.63) is 0 Å². The van der Waals surface area contributed by atoms with Gasteiger partial charge in [0, 0.05) is 5.33 Å². The molecule has 1 heteroatoms. The zero-order valence-electron chi connectivity index (χ0n) is 11.7. The molecule has 0 radical (unpaired) electrons. The molecule has 98 valence electrons. The van der Waals surface area contributed by atoms with Crippen molar-refractivity contribution < 1.29 is 0 Å². The van der Waals surface area contributed by atoms with Gasteiger partial charge < -0.3 is 0 Å². The molecular weight excluding hydrogens is 260 g/mol. The van der Waals surface area contributed by atoms with Crippen LogP contribution in [0.25, 0.3) is 0 Å². The molecule has 0 unspecified atom stereocenters. The smallest absolute Gasteiger partial charge is 0.00315 e. The van der Waals surface area contributed by atoms with Crippen molar-refractivity contribution in [1.82, 2.24) is 0 Å². The fraction of sp³-hybridized carbons (Fsp3) is 1.00. The van der Waals surface area contributed by atoms with E-state index in [2.05, 4.69) is 36.7 Å². The highest BCUT2D eigenvalue weighted by molar-refractivity contribution is 9.09. The number of unbranched alkanes of at least 4 members (excludes halogenated alkanes) is 6. The van der Waals surface area contributed by atoms with Crippen LogP contribution >= 0.6 is 15.9 Å². The Kier molecular flexibility index (Phi) is 10.9. The standard InChI is InChI=1S/C15H31Br/c1-4-5-6-7-8-9-10-12-15(2,3)13-11-14-16/h4-14H2,1-3H3. The third-order valence-corrected chi connectivity index (χ3v) is 4.01. The molecule has 0 saturated heterocycles. The zero-order valence-corrected chi connectivity index (χ0v) is 13.2. The van der Waals surface area contributed by atoms with Gasteiger partial charge in [0.15, 0.2) is 0 Å². The van der Waals surface area contributed by atoms with Gasteiger partial charge in [-0.2, -0.15) is 0 Å². The van der Waals surface area contributed by atoms with Gasteiger partial charge in [0.25, 0.3) is 0 Å². The predicted octanol–water partition coefficient (Wildman–Crippen LogP) is 6.33. The number of hydrogen-bond acceptors (Lipinski definition) is 0. The summed E-state index contributed by atoms with van der Waals surface area (Å²) in [4.78, 5) is 0. The van der Waals surface area contributed by atoms with Crippen LogP contribution in [-0.4, -0.2) is 5.33 Å². The molecule has 0 heterocycles. The van der Waals surface area contributed by atoms with Crippen LogP contribution in [0.3, 0.4) is 0 Å². The fourth-order valence-corrected chi connectivity index (χ4v) is 2.51. The number of halogens is 1. The zero-order chi connectivity index (χ0) is 12.3. The number of alkyl halides is 1. The molecule has 0 aromatic heterocycles. The van der Waals surface area contributed by atoms with E-state index < -0.39 is 0 Å². The van der Waals surface area contributed by atoms with Gasteiger partial charge in [0.05, 0.1) is 0 Å². The largest absolute Gasteiger partial charge is 0.0928 e. The minimum absolute atomic E-state index is 0.567. The van der Waals surface area contributed by atoms with Crippen LogP contribution in [0.5, 0.6) is 0 Å². The predicted molar refractivity (Wildman–Crippen MR) is 79.4 cm³/mol. The molecule has 0 aromatic rings. The van der Waals surface area contributed by atoms with Crippen LogP contribution < -0.4 is 0 Å². The van der Waals surface area contributed by atoms with Crippen LogP contribution in [-0.2, 0) is 0 Å². The second-order valence-electron chi connectivity index (χ2n) is 5.83. The van der Waals surface area contributed by atoms with E-state index >= 15 is 0 Å². The molecule has 0 aliphatic rings. The summed E-state index contributed by atoms with van der Waals surface area (Å²) < 4.78 is 0. The quantitative estimate of drug-likeness (QED) is 0.308. The van der Waals surface area contributed by atoms with Gasteiger partial charge in [-0.1, -0.05) is 81.6 Å². The van der Waals surface area contributed by atoms with E-state index in [4.69, 9.17) is 0 Å². The minimum atomic E-state index is 0.567. The van der Waals surface area contributed by atoms with E-state index in [1.165, 1.54) is 64.2 Å². The topological polar surface area (TPSA) is 0 Å². The molecule has 0 fully saturated rings. The Balaban J connectivity index is 3.29. The Bertz CT molecular complexity index is 140. The molecule has 16 heavy (non-hydrogen) atoms. The van der Waals surface area contributed by atoms with Crippen molar-refractivity contribution in [2.45, 2.75) is 85.0 Å². The molecule has 0 amide bonds. The lowest BCUT2D eigenvalue weighted by atomic mass is 9.83. The normalized spacial score (nSPS) is 12.0. The molecule has 0 aliphatic heterocycles. The van der Waals surface area contributed by atoms with Crippen molar-refractivity contribution in [3.8, 4) is 0 Å². The summed E-state index contributed by atoms with van der Waals surface area (Å²) in [5.41, 5.74) is 0.567. The lowest BCUT2D eigenvalue weighted by Gasteiger charge is -2.24. The van der Waals surface area contributed by atoms with Gasteiger partial charge in [-0.15, -0.1) is 0 Å². The Morgan fingerprint density at radius 2 is 1.25 bits per heavy atom. The first-order valence-corrected chi connectivity index (χ1v) is 8.30. The first-order valence-electron chi connectivity index (χ1n) is 7.18. The molecule has 0 saturated carbocycles. The van der Waals surface area contributed by atoms with Gasteiger partial charge in [0.1, 0.15) is 0 Å². The summed E-state index contributed by atoms with van der Waals surface area (Å²) in [6, 6.07) is 0. The second kappa shape index (κ2) is 10.6. The van der Waals surface area contributed by atoms with Crippen LogP contribution in [0.15, 0.2) is 0 Å². The lowest BCUT2D eigenvalue weighted by molar-refractivity contribution is 0.292. The highest BCUT2D eigenvalue weighted by atomic mass is 79.9. The van der Waals surface area contributed by atoms with Crippen LogP contribution in [0.1, 0.15) is 85.0 Å². The van der Waals surface area contributed by atoms with Crippen molar-refractivity contribution >= 4 is 15.9 Å². The van der Waals surface area contributed by atoms with Gasteiger partial charge in [-0.3, -0.25) is 0 Å². The fourth-order valence-electron chi connectivity index (χ4n) is 2.23. The maximum Gasteiger partial charge on any atom is 0.00315 e. The highest BCUT2D eigenvalue weighted by Crippen LogP contribution is 2.29. The molecule has 0 bridgehead atoms. The molecule has 0 atom stereocenters. The molecule has 0 aliphatic carbocycles. The van der Waals surface area contributed by atoms with Crippen molar-refractivity contribution in [1.29, 1.82) is 0 Å². The molecule has 0 aromatic carbocycles. The van der Waals surface area contributed by atoms with Crippen LogP contribution in [0.4, 0.5) is 0 Å². The second-order valence-corrected chi connectivity index (χ2v) is 6.62. The average molecular weight is 291 g/mol. The van der Waals surface area contributed by atoms with Gasteiger partial charge >= 0.3 is 0 Å². The number of hydrogen-bond donors (Lipinski definition) is 0. The molecule has 0 spiro atoms. The summed E-state index contributed by atoms with van der Waals surface area (Å²) in [7, 11) is 0. The van der Waals surface area contributed by atoms with Crippen molar-refractivity contribution in [3.63, 3.8) is 0 Å². The first kappa shape index (κ1) is 16.5. The molecular formula is C15H31Br. The van der Waals surface area contributed by atoms with Gasteiger partial charge in [0.2, 0.25) is 0 Å². The first-order chi connectivity index (χ1) is 7.62. The van der Waals surface area contributed by atoms with E-state index in [1.54, 1.807) is 0 Å². The average Bonchev–Trinajstić information content (AvgIpc) is 2.25. The SMILES string of the molecule is CCCCCCCCCC(C)(C)CCCBr. The van der Waals surface area contributed by atoms with Crippen LogP contribution in [0, 0.1) is 5.41 Å². The summed E-state index contributed by atoms with van der Waals surface area (Å²) in [6.07, 6.45) is 14.1. The van der Waals surface area contributed by atoms with Crippen molar-refractivity contribution in [2.24, 2.45) is 5.41 Å². The van der Waals surface area contributed by atoms with E-state index in [0.717, 1.165) is 5.33 Å². The van der Waals surface area contributed by atoms with Gasteiger partial charge in [-0.25, -0.2) is 0 Å². The third-order valence-electron chi connectivity index (χ3n) is 3.44. The molecule has 0 nitrogen and oxygen atoms in total. The Hall–Kier alpha value is 0.480. The molecule has 0 rings (SSSR count). The maximum atomic E-state index is 3.52. The van der Waals surface area contributed by atoms with Gasteiger partial charge in [-0.05, 0) is 24.7 Å². The Labute approximate surface area is 112 Å². The maximum absolute atomic E-state index is 3.52. The summed E-state index contributed by atoms with van der Waals surface area (Å²) in [6.45, 7) is 7.13. The van der Waals surface area contributed by atoms with E-state index in [9.17, 15) is 0 Å². The monoisotopic (exact) mass is 290 g/mol. The number of rotatable bonds is 11.